The van der Waals surface area contributed by atoms with Crippen molar-refractivity contribution in [3.05, 3.63) is 0 Å². The van der Waals surface area contributed by atoms with Crippen LogP contribution in [0.1, 0.15) is 39.5 Å². The molecule has 4 heteroatoms. The summed E-state index contributed by atoms with van der Waals surface area (Å²) in [7, 11) is 2.09. The molecule has 0 amide bonds. The zero-order valence-corrected chi connectivity index (χ0v) is 13.2. The first kappa shape index (κ1) is 15.8. The summed E-state index contributed by atoms with van der Waals surface area (Å²) in [6, 6.07) is 2.91. The average Bonchev–Trinajstić information content (AvgIpc) is 3.26. The molecule has 0 aromatic rings. The van der Waals surface area contributed by atoms with E-state index in [1.165, 1.54) is 25.7 Å². The lowest BCUT2D eigenvalue weighted by Gasteiger charge is -2.34. The van der Waals surface area contributed by atoms with Crippen LogP contribution in [0.2, 0.25) is 0 Å². The van der Waals surface area contributed by atoms with E-state index in [2.05, 4.69) is 37.2 Å². The molecule has 2 rings (SSSR count). The van der Waals surface area contributed by atoms with Crippen LogP contribution in [0, 0.1) is 23.2 Å². The minimum atomic E-state index is -0.376. The predicted molar refractivity (Wildman–Crippen MR) is 80.4 cm³/mol. The maximum Gasteiger partial charge on any atom is 0.122 e. The first-order valence-electron chi connectivity index (χ1n) is 8.01. The Balaban J connectivity index is 1.75. The molecule has 0 radical (unpaired) electrons. The van der Waals surface area contributed by atoms with Crippen molar-refractivity contribution in [1.82, 2.24) is 10.2 Å². The van der Waals surface area contributed by atoms with Gasteiger partial charge in [-0.15, -0.1) is 0 Å². The van der Waals surface area contributed by atoms with Crippen LogP contribution < -0.4 is 5.32 Å². The van der Waals surface area contributed by atoms with E-state index in [-0.39, 0.29) is 5.54 Å². The van der Waals surface area contributed by atoms with Crippen LogP contribution >= 0.6 is 0 Å². The number of hydrogen-bond donors (Lipinski definition) is 1. The van der Waals surface area contributed by atoms with Crippen molar-refractivity contribution >= 4 is 0 Å². The summed E-state index contributed by atoms with van der Waals surface area (Å²) in [5.74, 6) is 1.34. The Hall–Kier alpha value is -0.630. The van der Waals surface area contributed by atoms with Gasteiger partial charge < -0.3 is 9.64 Å². The van der Waals surface area contributed by atoms with Gasteiger partial charge in [-0.1, -0.05) is 0 Å². The molecule has 0 aromatic carbocycles. The van der Waals surface area contributed by atoms with Gasteiger partial charge in [-0.25, -0.2) is 0 Å². The van der Waals surface area contributed by atoms with Crippen molar-refractivity contribution < 1.29 is 4.74 Å². The highest BCUT2D eigenvalue weighted by Crippen LogP contribution is 2.40. The molecule has 2 fully saturated rings. The highest BCUT2D eigenvalue weighted by molar-refractivity contribution is 5.17. The molecule has 114 valence electrons. The maximum absolute atomic E-state index is 9.67. The van der Waals surface area contributed by atoms with Crippen LogP contribution in [0.3, 0.4) is 0 Å². The minimum absolute atomic E-state index is 0.342. The molecule has 0 aromatic heterocycles. The number of rotatable bonds is 10. The van der Waals surface area contributed by atoms with Crippen LogP contribution in [0.4, 0.5) is 0 Å². The van der Waals surface area contributed by atoms with Crippen molar-refractivity contribution in [3.63, 3.8) is 0 Å². The average molecular weight is 279 g/mol. The van der Waals surface area contributed by atoms with Crippen molar-refractivity contribution in [1.29, 1.82) is 5.26 Å². The summed E-state index contributed by atoms with van der Waals surface area (Å²) < 4.78 is 5.69. The molecule has 2 aliphatic carbocycles. The van der Waals surface area contributed by atoms with Gasteiger partial charge in [-0.3, -0.25) is 5.32 Å². The Labute approximate surface area is 123 Å². The van der Waals surface area contributed by atoms with Crippen LogP contribution in [-0.2, 0) is 4.74 Å². The van der Waals surface area contributed by atoms with E-state index in [1.54, 1.807) is 0 Å². The van der Waals surface area contributed by atoms with Gasteiger partial charge in [-0.2, -0.15) is 5.26 Å². The van der Waals surface area contributed by atoms with Crippen LogP contribution in [0.25, 0.3) is 0 Å². The van der Waals surface area contributed by atoms with Gasteiger partial charge in [0.15, 0.2) is 0 Å². The van der Waals surface area contributed by atoms with E-state index in [0.717, 1.165) is 32.2 Å². The van der Waals surface area contributed by atoms with E-state index in [1.807, 2.05) is 0 Å². The fourth-order valence-corrected chi connectivity index (χ4v) is 2.80. The zero-order valence-electron chi connectivity index (χ0n) is 13.2. The minimum Gasteiger partial charge on any atom is -0.380 e. The molecule has 1 N–H and O–H groups in total. The second-order valence-electron chi connectivity index (χ2n) is 6.91. The number of nitrogens with zero attached hydrogens (tertiary/aromatic N) is 2. The van der Waals surface area contributed by atoms with Gasteiger partial charge in [-0.05, 0) is 58.4 Å². The van der Waals surface area contributed by atoms with E-state index in [4.69, 9.17) is 4.74 Å². The van der Waals surface area contributed by atoms with Gasteiger partial charge in [0, 0.05) is 25.7 Å². The molecule has 4 nitrogen and oxygen atoms in total. The monoisotopic (exact) mass is 279 g/mol. The van der Waals surface area contributed by atoms with Crippen molar-refractivity contribution in [3.8, 4) is 6.07 Å². The third-order valence-electron chi connectivity index (χ3n) is 4.21. The van der Waals surface area contributed by atoms with Gasteiger partial charge in [0.1, 0.15) is 5.54 Å². The Morgan fingerprint density at radius 2 is 2.05 bits per heavy atom. The number of nitriles is 1. The summed E-state index contributed by atoms with van der Waals surface area (Å²) in [6.45, 7) is 7.63. The second-order valence-corrected chi connectivity index (χ2v) is 6.91. The molecular formula is C16H29N3O. The second kappa shape index (κ2) is 6.89. The third kappa shape index (κ3) is 4.73. The molecule has 1 atom stereocenters. The van der Waals surface area contributed by atoms with Crippen molar-refractivity contribution in [2.24, 2.45) is 11.8 Å². The lowest BCUT2D eigenvalue weighted by molar-refractivity contribution is 0.0950. The lowest BCUT2D eigenvalue weighted by Crippen LogP contribution is -2.56. The molecule has 2 saturated carbocycles. The first-order valence-corrected chi connectivity index (χ1v) is 8.01. The number of nitrogens with one attached hydrogen (secondary N) is 1. The van der Waals surface area contributed by atoms with Crippen molar-refractivity contribution in [2.75, 3.05) is 33.4 Å². The Bertz CT molecular complexity index is 344. The van der Waals surface area contributed by atoms with Gasteiger partial charge in [0.05, 0.1) is 12.7 Å². The zero-order chi connectivity index (χ0) is 14.6. The van der Waals surface area contributed by atoms with Crippen molar-refractivity contribution in [2.45, 2.75) is 51.1 Å². The Morgan fingerprint density at radius 1 is 1.35 bits per heavy atom. The predicted octanol–water partition coefficient (Wildman–Crippen LogP) is 2.02. The molecule has 20 heavy (non-hydrogen) atoms. The van der Waals surface area contributed by atoms with E-state index >= 15 is 0 Å². The quantitative estimate of drug-likeness (QED) is 0.622. The highest BCUT2D eigenvalue weighted by Gasteiger charge is 2.46. The number of hydrogen-bond acceptors (Lipinski definition) is 4. The fourth-order valence-electron chi connectivity index (χ4n) is 2.80. The first-order chi connectivity index (χ1) is 9.55. The smallest absolute Gasteiger partial charge is 0.122 e. The summed E-state index contributed by atoms with van der Waals surface area (Å²) in [5, 5.41) is 13.2. The Morgan fingerprint density at radius 3 is 2.55 bits per heavy atom. The number of likely N-dealkylation sites (N-methyl/N-ethyl adjacent to an activating group) is 1. The summed E-state index contributed by atoms with van der Waals surface area (Å²) in [4.78, 5) is 2.24. The molecule has 0 saturated heterocycles. The van der Waals surface area contributed by atoms with Gasteiger partial charge in [0.2, 0.25) is 0 Å². The SMILES string of the molecule is CC(C)NC(C#N)(CN(C)CCOCC1CC1)C1CC1. The summed E-state index contributed by atoms with van der Waals surface area (Å²) >= 11 is 0. The molecular weight excluding hydrogens is 250 g/mol. The van der Waals surface area contributed by atoms with Crippen LogP contribution in [0.15, 0.2) is 0 Å². The molecule has 2 aliphatic rings. The highest BCUT2D eigenvalue weighted by atomic mass is 16.5. The largest absolute Gasteiger partial charge is 0.380 e. The molecule has 0 aliphatic heterocycles. The molecule has 0 spiro atoms. The van der Waals surface area contributed by atoms with Gasteiger partial charge in [0.25, 0.3) is 0 Å². The third-order valence-corrected chi connectivity index (χ3v) is 4.21. The number of ether oxygens (including phenoxy) is 1. The van der Waals surface area contributed by atoms with E-state index < -0.39 is 0 Å². The summed E-state index contributed by atoms with van der Waals surface area (Å²) in [5.41, 5.74) is -0.376. The standard InChI is InChI=1S/C16H29N3O/c1-13(2)18-16(11-17,15-6-7-15)12-19(3)8-9-20-10-14-4-5-14/h13-15,18H,4-10,12H2,1-3H3. The van der Waals surface area contributed by atoms with E-state index in [0.29, 0.717) is 12.0 Å². The topological polar surface area (TPSA) is 48.3 Å². The lowest BCUT2D eigenvalue weighted by atomic mass is 9.93. The molecule has 0 heterocycles. The molecule has 1 unspecified atom stereocenters. The Kier molecular flexibility index (Phi) is 5.42. The fraction of sp³-hybridized carbons (Fsp3) is 0.938. The van der Waals surface area contributed by atoms with Crippen LogP contribution in [0.5, 0.6) is 0 Å². The normalized spacial score (nSPS) is 22.0. The molecule has 0 bridgehead atoms. The van der Waals surface area contributed by atoms with E-state index in [9.17, 15) is 5.26 Å². The van der Waals surface area contributed by atoms with Gasteiger partial charge >= 0.3 is 0 Å². The maximum atomic E-state index is 9.67. The summed E-state index contributed by atoms with van der Waals surface area (Å²) in [6.07, 6.45) is 5.04. The van der Waals surface area contributed by atoms with Crippen LogP contribution in [-0.4, -0.2) is 49.8 Å².